The topological polar surface area (TPSA) is 25.5 Å². The molecule has 0 fully saturated rings. The van der Waals surface area contributed by atoms with Crippen LogP contribution in [0.3, 0.4) is 0 Å². The second kappa shape index (κ2) is 10.8. The number of pyridine rings is 1. The smallest absolute Gasteiger partial charge is 0.150 e. The van der Waals surface area contributed by atoms with Gasteiger partial charge < -0.3 is 4.57 Å². The molecule has 9 aromatic rings. The minimum absolute atomic E-state index is 0.160. The van der Waals surface area contributed by atoms with E-state index in [1.54, 1.807) is 0 Å². The Kier molecular flexibility index (Phi) is 6.19. The van der Waals surface area contributed by atoms with Crippen molar-refractivity contribution in [2.45, 2.75) is 19.3 Å². The lowest BCUT2D eigenvalue weighted by molar-refractivity contribution is 0.664. The van der Waals surface area contributed by atoms with E-state index in [2.05, 4.69) is 198 Å². The van der Waals surface area contributed by atoms with E-state index in [4.69, 9.17) is 4.98 Å². The lowest BCUT2D eigenvalue weighted by Gasteiger charge is -2.26. The maximum Gasteiger partial charge on any atom is 0.150 e. The first kappa shape index (κ1) is 28.6. The molecule has 0 N–H and O–H groups in total. The van der Waals surface area contributed by atoms with Crippen molar-refractivity contribution in [1.82, 2.24) is 14.0 Å². The van der Waals surface area contributed by atoms with Crippen LogP contribution in [0.1, 0.15) is 25.0 Å². The van der Waals surface area contributed by atoms with Gasteiger partial charge in [-0.2, -0.15) is 0 Å². The van der Waals surface area contributed by atoms with Crippen LogP contribution < -0.4 is 4.90 Å². The van der Waals surface area contributed by atoms with Gasteiger partial charge in [0.15, 0.2) is 5.82 Å². The maximum atomic E-state index is 5.21. The monoisotopic (exact) mass is 642 g/mol. The highest BCUT2D eigenvalue weighted by Gasteiger charge is 2.38. The molecule has 238 valence electrons. The number of benzene rings is 6. The molecule has 0 aliphatic heterocycles. The Morgan fingerprint density at radius 3 is 2.06 bits per heavy atom. The van der Waals surface area contributed by atoms with E-state index in [9.17, 15) is 0 Å². The number of hydrogen-bond acceptors (Lipinski definition) is 2. The molecule has 1 aliphatic carbocycles. The minimum Gasteiger partial charge on any atom is -0.309 e. The first-order chi connectivity index (χ1) is 24.6. The van der Waals surface area contributed by atoms with Gasteiger partial charge in [0.25, 0.3) is 0 Å². The standard InChI is InChI=1S/C46H34N4/c1-46(2)39-23-13-12-22-35(39)37-27-28-38-36-26-25-34(30-40(36)50(44(38)42(37)46)33-20-10-5-11-21-33)49(32-18-8-4-9-19-32)45-43(31-16-6-3-7-17-31)47-41-24-14-15-29-48(41)45/h3-30H,1-2H3. The van der Waals surface area contributed by atoms with Crippen molar-refractivity contribution in [2.24, 2.45) is 0 Å². The van der Waals surface area contributed by atoms with E-state index >= 15 is 0 Å². The Labute approximate surface area is 291 Å². The third-order valence-electron chi connectivity index (χ3n) is 10.5. The molecule has 4 nitrogen and oxygen atoms in total. The highest BCUT2D eigenvalue weighted by molar-refractivity contribution is 6.14. The van der Waals surface area contributed by atoms with Gasteiger partial charge in [0.05, 0.1) is 11.0 Å². The van der Waals surface area contributed by atoms with Crippen LogP contribution in [0.15, 0.2) is 170 Å². The van der Waals surface area contributed by atoms with Gasteiger partial charge in [-0.15, -0.1) is 0 Å². The second-order valence-electron chi connectivity index (χ2n) is 13.7. The number of anilines is 3. The zero-order valence-corrected chi connectivity index (χ0v) is 28.0. The largest absolute Gasteiger partial charge is 0.309 e. The molecule has 3 heterocycles. The third kappa shape index (κ3) is 4.08. The average Bonchev–Trinajstić information content (AvgIpc) is 3.79. The van der Waals surface area contributed by atoms with Gasteiger partial charge in [-0.25, -0.2) is 4.98 Å². The zero-order chi connectivity index (χ0) is 33.4. The van der Waals surface area contributed by atoms with Crippen molar-refractivity contribution in [1.29, 1.82) is 0 Å². The molecular formula is C46H34N4. The Morgan fingerprint density at radius 1 is 0.580 bits per heavy atom. The summed E-state index contributed by atoms with van der Waals surface area (Å²) in [5.74, 6) is 0.997. The lowest BCUT2D eigenvalue weighted by atomic mass is 9.81. The van der Waals surface area contributed by atoms with Gasteiger partial charge in [-0.1, -0.05) is 129 Å². The van der Waals surface area contributed by atoms with Crippen LogP contribution in [0.5, 0.6) is 0 Å². The van der Waals surface area contributed by atoms with Crippen molar-refractivity contribution < 1.29 is 0 Å². The third-order valence-corrected chi connectivity index (χ3v) is 10.5. The number of rotatable bonds is 5. The average molecular weight is 643 g/mol. The summed E-state index contributed by atoms with van der Waals surface area (Å²) in [6.07, 6.45) is 2.11. The fourth-order valence-corrected chi connectivity index (χ4v) is 8.29. The van der Waals surface area contributed by atoms with E-state index in [0.717, 1.165) is 39.8 Å². The molecule has 0 spiro atoms. The van der Waals surface area contributed by atoms with Crippen molar-refractivity contribution in [3.63, 3.8) is 0 Å². The Hall–Kier alpha value is -6.39. The molecule has 0 saturated carbocycles. The van der Waals surface area contributed by atoms with Crippen molar-refractivity contribution in [2.75, 3.05) is 4.90 Å². The molecule has 0 bridgehead atoms. The summed E-state index contributed by atoms with van der Waals surface area (Å²) in [6.45, 7) is 4.76. The zero-order valence-electron chi connectivity index (χ0n) is 28.0. The number of para-hydroxylation sites is 2. The molecular weight excluding hydrogens is 609 g/mol. The van der Waals surface area contributed by atoms with Crippen LogP contribution in [0.4, 0.5) is 17.2 Å². The molecule has 4 heteroatoms. The molecule has 0 unspecified atom stereocenters. The summed E-state index contributed by atoms with van der Waals surface area (Å²) in [7, 11) is 0. The van der Waals surface area contributed by atoms with Gasteiger partial charge in [-0.05, 0) is 70.8 Å². The van der Waals surface area contributed by atoms with Crippen LogP contribution >= 0.6 is 0 Å². The molecule has 3 aromatic heterocycles. The Balaban J connectivity index is 1.31. The van der Waals surface area contributed by atoms with Crippen molar-refractivity contribution in [3.05, 3.63) is 181 Å². The van der Waals surface area contributed by atoms with Crippen LogP contribution in [0, 0.1) is 0 Å². The van der Waals surface area contributed by atoms with E-state index in [1.165, 1.54) is 44.1 Å². The molecule has 0 atom stereocenters. The molecule has 0 saturated heterocycles. The second-order valence-corrected chi connectivity index (χ2v) is 13.7. The van der Waals surface area contributed by atoms with Crippen LogP contribution in [-0.2, 0) is 5.41 Å². The van der Waals surface area contributed by atoms with Crippen LogP contribution in [-0.4, -0.2) is 14.0 Å². The first-order valence-corrected chi connectivity index (χ1v) is 17.2. The van der Waals surface area contributed by atoms with Crippen molar-refractivity contribution in [3.8, 4) is 28.1 Å². The first-order valence-electron chi connectivity index (χ1n) is 17.2. The molecule has 50 heavy (non-hydrogen) atoms. The van der Waals surface area contributed by atoms with Gasteiger partial charge in [0, 0.05) is 45.0 Å². The Morgan fingerprint density at radius 2 is 1.26 bits per heavy atom. The molecule has 0 radical (unpaired) electrons. The fraction of sp³-hybridized carbons (Fsp3) is 0.0652. The maximum absolute atomic E-state index is 5.21. The number of hydrogen-bond donors (Lipinski definition) is 0. The van der Waals surface area contributed by atoms with E-state index < -0.39 is 0 Å². The summed E-state index contributed by atoms with van der Waals surface area (Å²) in [5, 5.41) is 2.50. The summed E-state index contributed by atoms with van der Waals surface area (Å²) in [5.41, 5.74) is 13.9. The number of fused-ring (bicyclic) bond motifs is 8. The van der Waals surface area contributed by atoms with Gasteiger partial charge in [0.1, 0.15) is 11.3 Å². The fourth-order valence-electron chi connectivity index (χ4n) is 8.29. The molecule has 6 aromatic carbocycles. The van der Waals surface area contributed by atoms with Crippen LogP contribution in [0.2, 0.25) is 0 Å². The molecule has 0 amide bonds. The molecule has 1 aliphatic rings. The predicted molar refractivity (Wildman–Crippen MR) is 207 cm³/mol. The highest BCUT2D eigenvalue weighted by atomic mass is 15.3. The van der Waals surface area contributed by atoms with Crippen molar-refractivity contribution >= 4 is 44.6 Å². The summed E-state index contributed by atoms with van der Waals surface area (Å²) >= 11 is 0. The lowest BCUT2D eigenvalue weighted by Crippen LogP contribution is -2.16. The van der Waals surface area contributed by atoms with Gasteiger partial charge in [0.2, 0.25) is 0 Å². The minimum atomic E-state index is -0.160. The van der Waals surface area contributed by atoms with Gasteiger partial charge in [-0.3, -0.25) is 9.30 Å². The summed E-state index contributed by atoms with van der Waals surface area (Å²) in [4.78, 5) is 7.57. The molecule has 10 rings (SSSR count). The van der Waals surface area contributed by atoms with Gasteiger partial charge >= 0.3 is 0 Å². The quantitative estimate of drug-likeness (QED) is 0.187. The van der Waals surface area contributed by atoms with E-state index in [1.807, 2.05) is 0 Å². The predicted octanol–water partition coefficient (Wildman–Crippen LogP) is 11.9. The van der Waals surface area contributed by atoms with E-state index in [0.29, 0.717) is 0 Å². The Bertz CT molecular complexity index is 2720. The van der Waals surface area contributed by atoms with Crippen LogP contribution in [0.25, 0.3) is 55.5 Å². The normalized spacial score (nSPS) is 13.2. The number of aromatic nitrogens is 3. The SMILES string of the molecule is CC1(C)c2ccccc2-c2ccc3c4ccc(N(c5ccccc5)c5c(-c6ccccc6)nc6ccccn56)cc4n(-c4ccccc4)c3c21. The number of nitrogens with zero attached hydrogens (tertiary/aromatic N) is 4. The summed E-state index contributed by atoms with van der Waals surface area (Å²) in [6, 6.07) is 58.7. The van der Waals surface area contributed by atoms with E-state index in [-0.39, 0.29) is 5.41 Å². The highest BCUT2D eigenvalue weighted by Crippen LogP contribution is 2.53. The number of imidazole rings is 1. The summed E-state index contributed by atoms with van der Waals surface area (Å²) < 4.78 is 4.70.